The first-order valence-corrected chi connectivity index (χ1v) is 8.39. The van der Waals surface area contributed by atoms with Gasteiger partial charge in [-0.05, 0) is 35.4 Å². The van der Waals surface area contributed by atoms with Gasteiger partial charge in [-0.1, -0.05) is 18.2 Å². The third kappa shape index (κ3) is 4.75. The van der Waals surface area contributed by atoms with E-state index in [1.807, 2.05) is 12.1 Å². The van der Waals surface area contributed by atoms with E-state index < -0.39 is 17.7 Å². The fourth-order valence-electron chi connectivity index (χ4n) is 2.84. The van der Waals surface area contributed by atoms with Crippen LogP contribution in [0.15, 0.2) is 42.5 Å². The van der Waals surface area contributed by atoms with Crippen molar-refractivity contribution < 1.29 is 18.6 Å². The molecule has 1 atom stereocenters. The molecular weight excluding hydrogens is 326 g/mol. The predicted octanol–water partition coefficient (Wildman–Crippen LogP) is 2.62. The van der Waals surface area contributed by atoms with Gasteiger partial charge in [0.15, 0.2) is 11.6 Å². The highest BCUT2D eigenvalue weighted by Gasteiger charge is 2.12. The van der Waals surface area contributed by atoms with Crippen molar-refractivity contribution in [3.8, 4) is 0 Å². The second-order valence-corrected chi connectivity index (χ2v) is 6.09. The van der Waals surface area contributed by atoms with Crippen molar-refractivity contribution in [3.05, 3.63) is 65.2 Å². The van der Waals surface area contributed by atoms with Crippen LogP contribution >= 0.6 is 0 Å². The number of aliphatic hydroxyl groups is 1. The number of aliphatic hydroxyl groups excluding tert-OH is 1. The highest BCUT2D eigenvalue weighted by molar-refractivity contribution is 5.47. The standard InChI is InChI=1S/C19H22F2N2O2/c20-17-6-3-15(11-18(17)21)19(24)13-22-12-14-1-4-16(5-2-14)23-7-9-25-10-8-23/h1-6,11,19,22,24H,7-10,12-13H2/t19-/m0/s1. The number of rotatable bonds is 6. The van der Waals surface area contributed by atoms with Gasteiger partial charge in [0.05, 0.1) is 19.3 Å². The molecule has 134 valence electrons. The number of anilines is 1. The Morgan fingerprint density at radius 3 is 2.44 bits per heavy atom. The molecule has 0 saturated carbocycles. The minimum absolute atomic E-state index is 0.260. The monoisotopic (exact) mass is 348 g/mol. The first kappa shape index (κ1) is 17.8. The summed E-state index contributed by atoms with van der Waals surface area (Å²) >= 11 is 0. The number of nitrogens with zero attached hydrogens (tertiary/aromatic N) is 1. The van der Waals surface area contributed by atoms with Crippen LogP contribution in [0.5, 0.6) is 0 Å². The number of hydrogen-bond donors (Lipinski definition) is 2. The Hall–Kier alpha value is -2.02. The van der Waals surface area contributed by atoms with E-state index in [1.54, 1.807) is 0 Å². The van der Waals surface area contributed by atoms with Crippen molar-refractivity contribution in [1.29, 1.82) is 0 Å². The molecule has 3 rings (SSSR count). The fraction of sp³-hybridized carbons (Fsp3) is 0.368. The molecule has 2 aromatic carbocycles. The maximum Gasteiger partial charge on any atom is 0.159 e. The zero-order chi connectivity index (χ0) is 17.6. The van der Waals surface area contributed by atoms with Gasteiger partial charge in [-0.2, -0.15) is 0 Å². The van der Waals surface area contributed by atoms with Crippen LogP contribution in [0.4, 0.5) is 14.5 Å². The van der Waals surface area contributed by atoms with E-state index >= 15 is 0 Å². The van der Waals surface area contributed by atoms with E-state index in [2.05, 4.69) is 22.3 Å². The van der Waals surface area contributed by atoms with Crippen molar-refractivity contribution in [3.63, 3.8) is 0 Å². The highest BCUT2D eigenvalue weighted by atomic mass is 19.2. The molecule has 0 aliphatic carbocycles. The Balaban J connectivity index is 1.48. The van der Waals surface area contributed by atoms with Crippen LogP contribution in [0.2, 0.25) is 0 Å². The Morgan fingerprint density at radius 1 is 1.04 bits per heavy atom. The molecule has 0 unspecified atom stereocenters. The molecule has 2 aromatic rings. The van der Waals surface area contributed by atoms with Crippen LogP contribution in [-0.4, -0.2) is 38.0 Å². The van der Waals surface area contributed by atoms with Crippen LogP contribution in [0.25, 0.3) is 0 Å². The number of benzene rings is 2. The SMILES string of the molecule is O[C@@H](CNCc1ccc(N2CCOCC2)cc1)c1ccc(F)c(F)c1. The van der Waals surface area contributed by atoms with E-state index in [0.29, 0.717) is 12.1 Å². The third-order valence-electron chi connectivity index (χ3n) is 4.31. The second-order valence-electron chi connectivity index (χ2n) is 6.09. The molecule has 4 nitrogen and oxygen atoms in total. The predicted molar refractivity (Wildman–Crippen MR) is 92.5 cm³/mol. The van der Waals surface area contributed by atoms with Gasteiger partial charge in [0, 0.05) is 31.9 Å². The summed E-state index contributed by atoms with van der Waals surface area (Å²) in [5.41, 5.74) is 2.62. The molecule has 1 fully saturated rings. The van der Waals surface area contributed by atoms with E-state index in [1.165, 1.54) is 11.8 Å². The summed E-state index contributed by atoms with van der Waals surface area (Å²) in [5, 5.41) is 13.2. The fourth-order valence-corrected chi connectivity index (χ4v) is 2.84. The van der Waals surface area contributed by atoms with Gasteiger partial charge in [-0.3, -0.25) is 0 Å². The van der Waals surface area contributed by atoms with Crippen molar-refractivity contribution in [2.45, 2.75) is 12.6 Å². The van der Waals surface area contributed by atoms with E-state index in [-0.39, 0.29) is 6.54 Å². The number of ether oxygens (including phenoxy) is 1. The molecular formula is C19H22F2N2O2. The van der Waals surface area contributed by atoms with Crippen molar-refractivity contribution >= 4 is 5.69 Å². The molecule has 0 spiro atoms. The normalized spacial score (nSPS) is 16.0. The van der Waals surface area contributed by atoms with Gasteiger partial charge >= 0.3 is 0 Å². The maximum absolute atomic E-state index is 13.2. The second kappa shape index (κ2) is 8.38. The summed E-state index contributed by atoms with van der Waals surface area (Å²) in [6.07, 6.45) is -0.886. The average Bonchev–Trinajstić information content (AvgIpc) is 2.65. The molecule has 1 aliphatic heterocycles. The zero-order valence-corrected chi connectivity index (χ0v) is 13.9. The van der Waals surface area contributed by atoms with Crippen LogP contribution in [0.3, 0.4) is 0 Å². The Kier molecular flexibility index (Phi) is 5.96. The summed E-state index contributed by atoms with van der Waals surface area (Å²) in [6.45, 7) is 4.16. The van der Waals surface area contributed by atoms with Gasteiger partial charge in [0.2, 0.25) is 0 Å². The molecule has 0 bridgehead atoms. The lowest BCUT2D eigenvalue weighted by Crippen LogP contribution is -2.36. The molecule has 0 aromatic heterocycles. The van der Waals surface area contributed by atoms with Gasteiger partial charge in [0.1, 0.15) is 0 Å². The van der Waals surface area contributed by atoms with Crippen molar-refractivity contribution in [1.82, 2.24) is 5.32 Å². The summed E-state index contributed by atoms with van der Waals surface area (Å²) in [6, 6.07) is 11.7. The Bertz CT molecular complexity index is 688. The van der Waals surface area contributed by atoms with E-state index in [9.17, 15) is 13.9 Å². The number of nitrogens with one attached hydrogen (secondary N) is 1. The molecule has 1 aliphatic rings. The lowest BCUT2D eigenvalue weighted by Gasteiger charge is -2.28. The smallest absolute Gasteiger partial charge is 0.159 e. The van der Waals surface area contributed by atoms with Gasteiger partial charge in [-0.25, -0.2) is 8.78 Å². The highest BCUT2D eigenvalue weighted by Crippen LogP contribution is 2.18. The molecule has 0 amide bonds. The van der Waals surface area contributed by atoms with Crippen molar-refractivity contribution in [2.75, 3.05) is 37.7 Å². The quantitative estimate of drug-likeness (QED) is 0.842. The van der Waals surface area contributed by atoms with Crippen LogP contribution < -0.4 is 10.2 Å². The molecule has 0 radical (unpaired) electrons. The third-order valence-corrected chi connectivity index (χ3v) is 4.31. The minimum Gasteiger partial charge on any atom is -0.387 e. The number of hydrogen-bond acceptors (Lipinski definition) is 4. The average molecular weight is 348 g/mol. The topological polar surface area (TPSA) is 44.7 Å². The Labute approximate surface area is 146 Å². The minimum atomic E-state index is -0.949. The van der Waals surface area contributed by atoms with Crippen LogP contribution in [0, 0.1) is 11.6 Å². The van der Waals surface area contributed by atoms with E-state index in [0.717, 1.165) is 44.0 Å². The van der Waals surface area contributed by atoms with Crippen molar-refractivity contribution in [2.24, 2.45) is 0 Å². The first-order chi connectivity index (χ1) is 12.1. The lowest BCUT2D eigenvalue weighted by molar-refractivity contribution is 0.122. The maximum atomic E-state index is 13.2. The van der Waals surface area contributed by atoms with Crippen LogP contribution in [-0.2, 0) is 11.3 Å². The molecule has 2 N–H and O–H groups in total. The summed E-state index contributed by atoms with van der Waals surface area (Å²) in [7, 11) is 0. The Morgan fingerprint density at radius 2 is 1.76 bits per heavy atom. The van der Waals surface area contributed by atoms with Gasteiger partial charge in [0.25, 0.3) is 0 Å². The van der Waals surface area contributed by atoms with E-state index in [4.69, 9.17) is 4.74 Å². The molecule has 25 heavy (non-hydrogen) atoms. The molecule has 1 heterocycles. The summed E-state index contributed by atoms with van der Waals surface area (Å²) in [5.74, 6) is -1.86. The number of halogens is 2. The summed E-state index contributed by atoms with van der Waals surface area (Å²) in [4.78, 5) is 2.29. The van der Waals surface area contributed by atoms with Gasteiger partial charge < -0.3 is 20.1 Å². The number of morpholine rings is 1. The first-order valence-electron chi connectivity index (χ1n) is 8.39. The molecule has 1 saturated heterocycles. The van der Waals surface area contributed by atoms with Crippen LogP contribution in [0.1, 0.15) is 17.2 Å². The lowest BCUT2D eigenvalue weighted by atomic mass is 10.1. The largest absolute Gasteiger partial charge is 0.387 e. The molecule has 6 heteroatoms. The zero-order valence-electron chi connectivity index (χ0n) is 13.9. The van der Waals surface area contributed by atoms with Gasteiger partial charge in [-0.15, -0.1) is 0 Å². The summed E-state index contributed by atoms with van der Waals surface area (Å²) < 4.78 is 31.5.